The molecule has 0 unspecified atom stereocenters. The molecule has 0 aliphatic carbocycles. The molecule has 1 aromatic heterocycles. The summed E-state index contributed by atoms with van der Waals surface area (Å²) in [5.41, 5.74) is 7.76. The standard InChI is InChI=1S/C13H14N2O2/c1-8-3-4-12-10(5-8)11(9(2)16)6-15(12)7-13(14)17/h3-6H,7H2,1-2H3,(H2,14,17). The molecule has 0 saturated heterocycles. The number of rotatable bonds is 3. The molecule has 88 valence electrons. The molecule has 0 atom stereocenters. The highest BCUT2D eigenvalue weighted by molar-refractivity contribution is 6.07. The van der Waals surface area contributed by atoms with Gasteiger partial charge in [-0.15, -0.1) is 0 Å². The van der Waals surface area contributed by atoms with Gasteiger partial charge in [-0.3, -0.25) is 9.59 Å². The van der Waals surface area contributed by atoms with Gasteiger partial charge in [0.25, 0.3) is 0 Å². The van der Waals surface area contributed by atoms with Gasteiger partial charge in [0.2, 0.25) is 5.91 Å². The van der Waals surface area contributed by atoms with Gasteiger partial charge in [-0.25, -0.2) is 0 Å². The maximum absolute atomic E-state index is 11.5. The monoisotopic (exact) mass is 230 g/mol. The molecule has 17 heavy (non-hydrogen) atoms. The summed E-state index contributed by atoms with van der Waals surface area (Å²) in [4.78, 5) is 22.5. The first-order valence-corrected chi connectivity index (χ1v) is 5.38. The van der Waals surface area contributed by atoms with Gasteiger partial charge in [0.15, 0.2) is 5.78 Å². The van der Waals surface area contributed by atoms with Crippen LogP contribution in [0.1, 0.15) is 22.8 Å². The van der Waals surface area contributed by atoms with Crippen molar-refractivity contribution >= 4 is 22.6 Å². The van der Waals surface area contributed by atoms with Crippen LogP contribution in [0.3, 0.4) is 0 Å². The first kappa shape index (κ1) is 11.4. The number of fused-ring (bicyclic) bond motifs is 1. The first-order valence-electron chi connectivity index (χ1n) is 5.38. The van der Waals surface area contributed by atoms with Crippen molar-refractivity contribution in [3.05, 3.63) is 35.5 Å². The maximum atomic E-state index is 11.5. The Labute approximate surface area is 99.0 Å². The molecule has 4 nitrogen and oxygen atoms in total. The van der Waals surface area contributed by atoms with Crippen LogP contribution in [0.2, 0.25) is 0 Å². The van der Waals surface area contributed by atoms with Crippen molar-refractivity contribution < 1.29 is 9.59 Å². The Bertz CT molecular complexity index is 611. The first-order chi connectivity index (χ1) is 7.99. The number of aryl methyl sites for hydroxylation is 1. The molecule has 0 aliphatic rings. The minimum atomic E-state index is -0.419. The lowest BCUT2D eigenvalue weighted by molar-refractivity contribution is -0.118. The molecule has 1 aromatic carbocycles. The van der Waals surface area contributed by atoms with E-state index in [9.17, 15) is 9.59 Å². The molecule has 0 aliphatic heterocycles. The summed E-state index contributed by atoms with van der Waals surface area (Å²) >= 11 is 0. The minimum Gasteiger partial charge on any atom is -0.368 e. The Hall–Kier alpha value is -2.10. The summed E-state index contributed by atoms with van der Waals surface area (Å²) < 4.78 is 1.72. The quantitative estimate of drug-likeness (QED) is 0.814. The van der Waals surface area contributed by atoms with Gasteiger partial charge < -0.3 is 10.3 Å². The Balaban J connectivity index is 2.70. The fraction of sp³-hybridized carbons (Fsp3) is 0.231. The Morgan fingerprint density at radius 2 is 2.06 bits per heavy atom. The molecule has 2 rings (SSSR count). The Morgan fingerprint density at radius 3 is 2.65 bits per heavy atom. The number of carbonyl (C=O) groups is 2. The molecule has 0 radical (unpaired) electrons. The number of hydrogen-bond donors (Lipinski definition) is 1. The lowest BCUT2D eigenvalue weighted by Gasteiger charge is -2.01. The summed E-state index contributed by atoms with van der Waals surface area (Å²) in [5, 5.41) is 0.874. The number of primary amides is 1. The molecular formula is C13H14N2O2. The van der Waals surface area contributed by atoms with Gasteiger partial charge in [0.1, 0.15) is 6.54 Å². The van der Waals surface area contributed by atoms with Gasteiger partial charge in [0, 0.05) is 22.7 Å². The molecular weight excluding hydrogens is 216 g/mol. The third kappa shape index (κ3) is 2.06. The topological polar surface area (TPSA) is 65.1 Å². The zero-order valence-corrected chi connectivity index (χ0v) is 9.86. The zero-order valence-electron chi connectivity index (χ0n) is 9.86. The van der Waals surface area contributed by atoms with E-state index in [2.05, 4.69) is 0 Å². The van der Waals surface area contributed by atoms with Gasteiger partial charge in [-0.1, -0.05) is 11.6 Å². The normalized spacial score (nSPS) is 10.7. The van der Waals surface area contributed by atoms with E-state index in [-0.39, 0.29) is 12.3 Å². The minimum absolute atomic E-state index is 0.0104. The van der Waals surface area contributed by atoms with Crippen LogP contribution in [0.25, 0.3) is 10.9 Å². The van der Waals surface area contributed by atoms with Crippen molar-refractivity contribution in [1.82, 2.24) is 4.57 Å². The summed E-state index contributed by atoms with van der Waals surface area (Å²) in [5.74, 6) is -0.429. The maximum Gasteiger partial charge on any atom is 0.237 e. The summed E-state index contributed by atoms with van der Waals surface area (Å²) in [7, 11) is 0. The highest BCUT2D eigenvalue weighted by Crippen LogP contribution is 2.23. The molecule has 2 N–H and O–H groups in total. The van der Waals surface area contributed by atoms with E-state index in [1.165, 1.54) is 6.92 Å². The fourth-order valence-electron chi connectivity index (χ4n) is 1.99. The van der Waals surface area contributed by atoms with E-state index in [1.807, 2.05) is 25.1 Å². The van der Waals surface area contributed by atoms with Crippen LogP contribution in [-0.4, -0.2) is 16.3 Å². The van der Waals surface area contributed by atoms with Gasteiger partial charge in [0.05, 0.1) is 0 Å². The number of ketones is 1. The Kier molecular flexibility index (Phi) is 2.71. The summed E-state index contributed by atoms with van der Waals surface area (Å²) in [6.45, 7) is 3.58. The number of amides is 1. The van der Waals surface area contributed by atoms with Crippen molar-refractivity contribution in [2.45, 2.75) is 20.4 Å². The highest BCUT2D eigenvalue weighted by Gasteiger charge is 2.12. The van der Waals surface area contributed by atoms with Crippen molar-refractivity contribution in [3.63, 3.8) is 0 Å². The van der Waals surface area contributed by atoms with E-state index >= 15 is 0 Å². The van der Waals surface area contributed by atoms with Gasteiger partial charge in [-0.2, -0.15) is 0 Å². The summed E-state index contributed by atoms with van der Waals surface area (Å²) in [6, 6.07) is 5.80. The van der Waals surface area contributed by atoms with Gasteiger partial charge in [-0.05, 0) is 26.0 Å². The van der Waals surface area contributed by atoms with Crippen molar-refractivity contribution in [3.8, 4) is 0 Å². The average molecular weight is 230 g/mol. The number of benzene rings is 1. The predicted molar refractivity (Wildman–Crippen MR) is 65.9 cm³/mol. The van der Waals surface area contributed by atoms with E-state index < -0.39 is 5.91 Å². The van der Waals surface area contributed by atoms with Crippen LogP contribution >= 0.6 is 0 Å². The second-order valence-corrected chi connectivity index (χ2v) is 4.21. The van der Waals surface area contributed by atoms with E-state index in [1.54, 1.807) is 10.8 Å². The SMILES string of the molecule is CC(=O)c1cn(CC(N)=O)c2ccc(C)cc12. The molecule has 1 amide bonds. The number of nitrogens with two attached hydrogens (primary N) is 1. The molecule has 2 aromatic rings. The second-order valence-electron chi connectivity index (χ2n) is 4.21. The summed E-state index contributed by atoms with van der Waals surface area (Å²) in [6.07, 6.45) is 1.69. The third-order valence-electron chi connectivity index (χ3n) is 2.74. The van der Waals surface area contributed by atoms with Crippen molar-refractivity contribution in [2.75, 3.05) is 0 Å². The lowest BCUT2D eigenvalue weighted by atomic mass is 10.1. The highest BCUT2D eigenvalue weighted by atomic mass is 16.1. The van der Waals surface area contributed by atoms with E-state index in [0.717, 1.165) is 16.5 Å². The molecule has 4 heteroatoms. The predicted octanol–water partition coefficient (Wildman–Crippen LogP) is 1.64. The number of Topliss-reactive ketones (excluding diaryl/α,β-unsaturated/α-hetero) is 1. The number of hydrogen-bond acceptors (Lipinski definition) is 2. The second kappa shape index (κ2) is 4.05. The van der Waals surface area contributed by atoms with Crippen molar-refractivity contribution in [1.29, 1.82) is 0 Å². The molecule has 1 heterocycles. The number of aromatic nitrogens is 1. The van der Waals surface area contributed by atoms with Crippen LogP contribution in [0, 0.1) is 6.92 Å². The fourth-order valence-corrected chi connectivity index (χ4v) is 1.99. The van der Waals surface area contributed by atoms with Crippen LogP contribution in [0.15, 0.2) is 24.4 Å². The van der Waals surface area contributed by atoms with E-state index in [0.29, 0.717) is 5.56 Å². The smallest absolute Gasteiger partial charge is 0.237 e. The largest absolute Gasteiger partial charge is 0.368 e. The molecule has 0 fully saturated rings. The zero-order chi connectivity index (χ0) is 12.6. The number of nitrogens with zero attached hydrogens (tertiary/aromatic N) is 1. The molecule has 0 bridgehead atoms. The lowest BCUT2D eigenvalue weighted by Crippen LogP contribution is -2.17. The van der Waals surface area contributed by atoms with Crippen LogP contribution in [0.4, 0.5) is 0 Å². The Morgan fingerprint density at radius 1 is 1.35 bits per heavy atom. The average Bonchev–Trinajstić information content (AvgIpc) is 2.55. The van der Waals surface area contributed by atoms with Crippen LogP contribution in [0.5, 0.6) is 0 Å². The van der Waals surface area contributed by atoms with Gasteiger partial charge >= 0.3 is 0 Å². The van der Waals surface area contributed by atoms with Crippen molar-refractivity contribution in [2.24, 2.45) is 5.73 Å². The van der Waals surface area contributed by atoms with Crippen LogP contribution in [-0.2, 0) is 11.3 Å². The molecule has 0 saturated carbocycles. The van der Waals surface area contributed by atoms with E-state index in [4.69, 9.17) is 5.73 Å². The number of carbonyl (C=O) groups excluding carboxylic acids is 2. The molecule has 0 spiro atoms. The third-order valence-corrected chi connectivity index (χ3v) is 2.74. The van der Waals surface area contributed by atoms with Crippen LogP contribution < -0.4 is 5.73 Å².